The number of aryl methyl sites for hydroxylation is 1. The molecule has 2 atom stereocenters. The van der Waals surface area contributed by atoms with Crippen LogP contribution in [0.4, 0.5) is 15.0 Å². The SMILES string of the molecule is Cc1cc(-c2ccnc(NC(=O)[C@@H]3C[C@@H]3F)c2)ccc1CNC(=O)O. The lowest BCUT2D eigenvalue weighted by Crippen LogP contribution is -2.20. The number of amides is 2. The molecule has 1 saturated carbocycles. The first kappa shape index (κ1) is 16.9. The molecule has 2 amide bonds. The summed E-state index contributed by atoms with van der Waals surface area (Å²) >= 11 is 0. The monoisotopic (exact) mass is 343 g/mol. The maximum Gasteiger partial charge on any atom is 0.404 e. The summed E-state index contributed by atoms with van der Waals surface area (Å²) in [5.74, 6) is -0.520. The Morgan fingerprint density at radius 3 is 2.64 bits per heavy atom. The van der Waals surface area contributed by atoms with Gasteiger partial charge in [0.15, 0.2) is 0 Å². The summed E-state index contributed by atoms with van der Waals surface area (Å²) in [6.07, 6.45) is -0.252. The molecule has 0 spiro atoms. The lowest BCUT2D eigenvalue weighted by atomic mass is 10.0. The van der Waals surface area contributed by atoms with Gasteiger partial charge in [-0.1, -0.05) is 18.2 Å². The molecule has 6 nitrogen and oxygen atoms in total. The molecule has 1 aliphatic carbocycles. The molecule has 7 heteroatoms. The third kappa shape index (κ3) is 4.12. The molecule has 1 aromatic carbocycles. The van der Waals surface area contributed by atoms with Gasteiger partial charge in [0, 0.05) is 12.7 Å². The van der Waals surface area contributed by atoms with E-state index < -0.39 is 18.2 Å². The summed E-state index contributed by atoms with van der Waals surface area (Å²) in [6, 6.07) is 9.23. The average molecular weight is 343 g/mol. The lowest BCUT2D eigenvalue weighted by molar-refractivity contribution is -0.117. The average Bonchev–Trinajstić information content (AvgIpc) is 3.31. The Labute approximate surface area is 144 Å². The molecule has 0 radical (unpaired) electrons. The topological polar surface area (TPSA) is 91.3 Å². The van der Waals surface area contributed by atoms with Crippen LogP contribution in [-0.4, -0.2) is 28.3 Å². The van der Waals surface area contributed by atoms with E-state index in [9.17, 15) is 14.0 Å². The molecule has 3 N–H and O–H groups in total. The number of halogens is 1. The fourth-order valence-corrected chi connectivity index (χ4v) is 2.58. The van der Waals surface area contributed by atoms with Crippen molar-refractivity contribution in [3.8, 4) is 11.1 Å². The number of pyridine rings is 1. The van der Waals surface area contributed by atoms with Crippen molar-refractivity contribution < 1.29 is 19.1 Å². The van der Waals surface area contributed by atoms with Gasteiger partial charge < -0.3 is 15.7 Å². The predicted octanol–water partition coefficient (Wildman–Crippen LogP) is 3.12. The molecular weight excluding hydrogens is 325 g/mol. The normalized spacial score (nSPS) is 18.5. The van der Waals surface area contributed by atoms with Gasteiger partial charge in [-0.05, 0) is 47.7 Å². The molecular formula is C18H18FN3O3. The van der Waals surface area contributed by atoms with Crippen LogP contribution in [0.15, 0.2) is 36.5 Å². The Bertz CT molecular complexity index is 825. The Kier molecular flexibility index (Phi) is 4.65. The molecule has 1 heterocycles. The molecule has 3 rings (SSSR count). The highest BCUT2D eigenvalue weighted by molar-refractivity contribution is 5.94. The molecule has 1 aliphatic rings. The maximum atomic E-state index is 12.9. The van der Waals surface area contributed by atoms with E-state index in [0.29, 0.717) is 5.82 Å². The zero-order valence-electron chi connectivity index (χ0n) is 13.6. The van der Waals surface area contributed by atoms with Crippen LogP contribution in [0, 0.1) is 12.8 Å². The van der Waals surface area contributed by atoms with Gasteiger partial charge in [-0.25, -0.2) is 14.2 Å². The molecule has 25 heavy (non-hydrogen) atoms. The quantitative estimate of drug-likeness (QED) is 0.778. The van der Waals surface area contributed by atoms with E-state index in [1.807, 2.05) is 31.2 Å². The molecule has 0 saturated heterocycles. The van der Waals surface area contributed by atoms with Crippen molar-refractivity contribution in [2.45, 2.75) is 26.1 Å². The lowest BCUT2D eigenvalue weighted by Gasteiger charge is -2.10. The second-order valence-corrected chi connectivity index (χ2v) is 6.08. The minimum absolute atomic E-state index is 0.241. The Morgan fingerprint density at radius 1 is 1.28 bits per heavy atom. The third-order valence-electron chi connectivity index (χ3n) is 4.17. The van der Waals surface area contributed by atoms with Gasteiger partial charge in [-0.3, -0.25) is 4.79 Å². The fraction of sp³-hybridized carbons (Fsp3) is 0.278. The van der Waals surface area contributed by atoms with E-state index in [4.69, 9.17) is 5.11 Å². The number of aromatic nitrogens is 1. The summed E-state index contributed by atoms with van der Waals surface area (Å²) < 4.78 is 12.9. The van der Waals surface area contributed by atoms with Gasteiger partial charge >= 0.3 is 6.09 Å². The summed E-state index contributed by atoms with van der Waals surface area (Å²) in [4.78, 5) is 26.5. The molecule has 130 valence electrons. The van der Waals surface area contributed by atoms with E-state index in [2.05, 4.69) is 15.6 Å². The van der Waals surface area contributed by atoms with Crippen molar-refractivity contribution in [2.75, 3.05) is 5.32 Å². The van der Waals surface area contributed by atoms with E-state index in [-0.39, 0.29) is 18.9 Å². The van der Waals surface area contributed by atoms with Gasteiger partial charge in [-0.2, -0.15) is 0 Å². The summed E-state index contributed by atoms with van der Waals surface area (Å²) in [7, 11) is 0. The Balaban J connectivity index is 1.75. The molecule has 1 fully saturated rings. The number of rotatable bonds is 5. The van der Waals surface area contributed by atoms with Gasteiger partial charge in [-0.15, -0.1) is 0 Å². The van der Waals surface area contributed by atoms with Crippen molar-refractivity contribution >= 4 is 17.8 Å². The number of nitrogens with one attached hydrogen (secondary N) is 2. The highest BCUT2D eigenvalue weighted by Gasteiger charge is 2.43. The molecule has 0 bridgehead atoms. The number of hydrogen-bond donors (Lipinski definition) is 3. The van der Waals surface area contributed by atoms with Gasteiger partial charge in [0.2, 0.25) is 5.91 Å². The zero-order chi connectivity index (χ0) is 18.0. The van der Waals surface area contributed by atoms with Gasteiger partial charge in [0.25, 0.3) is 0 Å². The summed E-state index contributed by atoms with van der Waals surface area (Å²) in [5.41, 5.74) is 3.62. The minimum Gasteiger partial charge on any atom is -0.465 e. The zero-order valence-corrected chi connectivity index (χ0v) is 13.6. The van der Waals surface area contributed by atoms with Crippen LogP contribution in [0.2, 0.25) is 0 Å². The van der Waals surface area contributed by atoms with E-state index in [0.717, 1.165) is 22.3 Å². The highest BCUT2D eigenvalue weighted by atomic mass is 19.1. The van der Waals surface area contributed by atoms with Crippen LogP contribution in [0.1, 0.15) is 17.5 Å². The van der Waals surface area contributed by atoms with Crippen molar-refractivity contribution in [3.05, 3.63) is 47.7 Å². The van der Waals surface area contributed by atoms with Crippen LogP contribution in [0.3, 0.4) is 0 Å². The van der Waals surface area contributed by atoms with Crippen LogP contribution in [0.25, 0.3) is 11.1 Å². The van der Waals surface area contributed by atoms with Crippen LogP contribution in [-0.2, 0) is 11.3 Å². The Morgan fingerprint density at radius 2 is 2.00 bits per heavy atom. The largest absolute Gasteiger partial charge is 0.465 e. The first-order valence-electron chi connectivity index (χ1n) is 7.91. The number of anilines is 1. The number of nitrogens with zero attached hydrogens (tertiary/aromatic N) is 1. The van der Waals surface area contributed by atoms with Crippen molar-refractivity contribution in [3.63, 3.8) is 0 Å². The number of carbonyl (C=O) groups is 2. The number of carbonyl (C=O) groups excluding carboxylic acids is 1. The van der Waals surface area contributed by atoms with E-state index >= 15 is 0 Å². The summed E-state index contributed by atoms with van der Waals surface area (Å²) in [6.45, 7) is 2.14. The number of alkyl halides is 1. The molecule has 1 aromatic heterocycles. The Hall–Kier alpha value is -2.96. The third-order valence-corrected chi connectivity index (χ3v) is 4.17. The maximum absolute atomic E-state index is 12.9. The summed E-state index contributed by atoms with van der Waals surface area (Å²) in [5, 5.41) is 13.7. The number of benzene rings is 1. The van der Waals surface area contributed by atoms with Crippen molar-refractivity contribution in [1.29, 1.82) is 0 Å². The standard InChI is InChI=1S/C18H18FN3O3/c1-10-6-11(2-3-13(10)9-21-18(24)25)12-4-5-20-16(7-12)22-17(23)14-8-15(14)19/h2-7,14-15,21H,8-9H2,1H3,(H,24,25)(H,20,22,23)/t14-,15+/m1/s1. The minimum atomic E-state index is -1.07. The second-order valence-electron chi connectivity index (χ2n) is 6.08. The molecule has 0 unspecified atom stereocenters. The van der Waals surface area contributed by atoms with Crippen LogP contribution in [0.5, 0.6) is 0 Å². The van der Waals surface area contributed by atoms with Gasteiger partial charge in [0.1, 0.15) is 12.0 Å². The van der Waals surface area contributed by atoms with Crippen LogP contribution >= 0.6 is 0 Å². The first-order valence-corrected chi connectivity index (χ1v) is 7.91. The smallest absolute Gasteiger partial charge is 0.404 e. The first-order chi connectivity index (χ1) is 11.9. The van der Waals surface area contributed by atoms with Crippen molar-refractivity contribution in [1.82, 2.24) is 10.3 Å². The van der Waals surface area contributed by atoms with E-state index in [1.165, 1.54) is 0 Å². The van der Waals surface area contributed by atoms with Crippen LogP contribution < -0.4 is 10.6 Å². The number of hydrogen-bond acceptors (Lipinski definition) is 3. The predicted molar refractivity (Wildman–Crippen MR) is 90.9 cm³/mol. The van der Waals surface area contributed by atoms with E-state index in [1.54, 1.807) is 12.3 Å². The molecule has 0 aliphatic heterocycles. The second kappa shape index (κ2) is 6.88. The van der Waals surface area contributed by atoms with Gasteiger partial charge in [0.05, 0.1) is 5.92 Å². The fourth-order valence-electron chi connectivity index (χ4n) is 2.58. The highest BCUT2D eigenvalue weighted by Crippen LogP contribution is 2.34. The number of carboxylic acid groups (broad SMARTS) is 1. The molecule has 2 aromatic rings. The van der Waals surface area contributed by atoms with Crippen molar-refractivity contribution in [2.24, 2.45) is 5.92 Å².